The molecule has 1 heterocycles. The second-order valence-electron chi connectivity index (χ2n) is 4.64. The molecule has 2 rings (SSSR count). The molecule has 0 aliphatic heterocycles. The summed E-state index contributed by atoms with van der Waals surface area (Å²) < 4.78 is 4.84. The monoisotopic (exact) mass is 238 g/mol. The maximum atomic E-state index is 11.7. The Morgan fingerprint density at radius 1 is 1.59 bits per heavy atom. The molecule has 1 amide bonds. The summed E-state index contributed by atoms with van der Waals surface area (Å²) in [5.41, 5.74) is 0.299. The number of nitrogens with zero attached hydrogens (tertiary/aromatic N) is 1. The molecule has 5 nitrogen and oxygen atoms in total. The smallest absolute Gasteiger partial charge is 0.273 e. The average molecular weight is 238 g/mol. The fraction of sp³-hybridized carbons (Fsp3) is 0.667. The molecule has 94 valence electrons. The van der Waals surface area contributed by atoms with Gasteiger partial charge < -0.3 is 14.9 Å². The van der Waals surface area contributed by atoms with Gasteiger partial charge in [0.2, 0.25) is 0 Å². The Kier molecular flexibility index (Phi) is 3.78. The first kappa shape index (κ1) is 12.1. The van der Waals surface area contributed by atoms with Crippen LogP contribution in [-0.4, -0.2) is 28.8 Å². The fourth-order valence-corrected chi connectivity index (χ4v) is 2.21. The molecule has 1 fully saturated rings. The van der Waals surface area contributed by atoms with Crippen molar-refractivity contribution >= 4 is 5.91 Å². The van der Waals surface area contributed by atoms with Gasteiger partial charge in [0.1, 0.15) is 5.76 Å². The summed E-state index contributed by atoms with van der Waals surface area (Å²) in [4.78, 5) is 11.7. The summed E-state index contributed by atoms with van der Waals surface area (Å²) in [5.74, 6) is 0.549. The molecule has 1 aliphatic carbocycles. The van der Waals surface area contributed by atoms with Gasteiger partial charge in [-0.1, -0.05) is 18.0 Å². The Labute approximate surface area is 100 Å². The van der Waals surface area contributed by atoms with Crippen LogP contribution >= 0.6 is 0 Å². The van der Waals surface area contributed by atoms with Crippen molar-refractivity contribution in [1.82, 2.24) is 10.5 Å². The van der Waals surface area contributed by atoms with E-state index in [0.29, 0.717) is 18.0 Å². The number of aryl methyl sites for hydroxylation is 1. The largest absolute Gasteiger partial charge is 0.393 e. The maximum absolute atomic E-state index is 11.7. The van der Waals surface area contributed by atoms with Gasteiger partial charge in [0.25, 0.3) is 5.91 Å². The number of aliphatic hydroxyl groups excluding tert-OH is 1. The average Bonchev–Trinajstić information content (AvgIpc) is 2.74. The zero-order chi connectivity index (χ0) is 12.3. The van der Waals surface area contributed by atoms with Crippen LogP contribution in [0.1, 0.15) is 41.9 Å². The normalized spacial score (nSPS) is 24.6. The molecule has 2 N–H and O–H groups in total. The molecule has 0 aromatic carbocycles. The molecule has 1 aromatic heterocycles. The standard InChI is InChI=1S/C12H18N2O3/c1-8-6-10(14-17-8)12(16)13-7-9-4-2-3-5-11(9)15/h6,9,11,15H,2-5,7H2,1H3,(H,13,16). The topological polar surface area (TPSA) is 75.4 Å². The van der Waals surface area contributed by atoms with E-state index in [4.69, 9.17) is 4.52 Å². The Morgan fingerprint density at radius 2 is 2.35 bits per heavy atom. The summed E-state index contributed by atoms with van der Waals surface area (Å²) >= 11 is 0. The number of aromatic nitrogens is 1. The highest BCUT2D eigenvalue weighted by Gasteiger charge is 2.23. The minimum Gasteiger partial charge on any atom is -0.393 e. The summed E-state index contributed by atoms with van der Waals surface area (Å²) in [7, 11) is 0. The van der Waals surface area contributed by atoms with Gasteiger partial charge in [-0.3, -0.25) is 4.79 Å². The first-order chi connectivity index (χ1) is 8.16. The van der Waals surface area contributed by atoms with Crippen LogP contribution < -0.4 is 5.32 Å². The van der Waals surface area contributed by atoms with E-state index in [-0.39, 0.29) is 17.9 Å². The van der Waals surface area contributed by atoms with Gasteiger partial charge in [-0.15, -0.1) is 0 Å². The molecule has 1 aliphatic rings. The molecule has 0 radical (unpaired) electrons. The Bertz CT molecular complexity index is 389. The van der Waals surface area contributed by atoms with E-state index in [0.717, 1.165) is 25.7 Å². The predicted molar refractivity (Wildman–Crippen MR) is 61.5 cm³/mol. The van der Waals surface area contributed by atoms with E-state index >= 15 is 0 Å². The zero-order valence-electron chi connectivity index (χ0n) is 9.98. The van der Waals surface area contributed by atoms with Crippen molar-refractivity contribution < 1.29 is 14.4 Å². The van der Waals surface area contributed by atoms with Crippen LogP contribution in [0.25, 0.3) is 0 Å². The minimum atomic E-state index is -0.289. The quantitative estimate of drug-likeness (QED) is 0.831. The maximum Gasteiger partial charge on any atom is 0.273 e. The van der Waals surface area contributed by atoms with Gasteiger partial charge in [-0.25, -0.2) is 0 Å². The fourth-order valence-electron chi connectivity index (χ4n) is 2.21. The van der Waals surface area contributed by atoms with Crippen LogP contribution in [-0.2, 0) is 0 Å². The van der Waals surface area contributed by atoms with Gasteiger partial charge in [0.05, 0.1) is 6.10 Å². The number of rotatable bonds is 3. The SMILES string of the molecule is Cc1cc(C(=O)NCC2CCCCC2O)no1. The molecule has 0 saturated heterocycles. The van der Waals surface area contributed by atoms with Crippen molar-refractivity contribution in [2.75, 3.05) is 6.54 Å². The van der Waals surface area contributed by atoms with E-state index in [1.54, 1.807) is 13.0 Å². The van der Waals surface area contributed by atoms with Crippen molar-refractivity contribution in [2.24, 2.45) is 5.92 Å². The summed E-state index contributed by atoms with van der Waals surface area (Å²) in [6.07, 6.45) is 3.72. The minimum absolute atomic E-state index is 0.167. The number of aliphatic hydroxyl groups is 1. The Hall–Kier alpha value is -1.36. The number of carbonyl (C=O) groups is 1. The van der Waals surface area contributed by atoms with E-state index in [2.05, 4.69) is 10.5 Å². The first-order valence-corrected chi connectivity index (χ1v) is 6.06. The van der Waals surface area contributed by atoms with Crippen molar-refractivity contribution in [3.63, 3.8) is 0 Å². The van der Waals surface area contributed by atoms with Gasteiger partial charge in [-0.2, -0.15) is 0 Å². The molecule has 2 unspecified atom stereocenters. The third kappa shape index (κ3) is 3.06. The zero-order valence-corrected chi connectivity index (χ0v) is 9.98. The summed E-state index contributed by atoms with van der Waals surface area (Å²) in [6.45, 7) is 2.25. The first-order valence-electron chi connectivity index (χ1n) is 6.06. The van der Waals surface area contributed by atoms with Gasteiger partial charge in [0.15, 0.2) is 5.69 Å². The van der Waals surface area contributed by atoms with Crippen LogP contribution in [0.2, 0.25) is 0 Å². The van der Waals surface area contributed by atoms with Crippen LogP contribution in [0.3, 0.4) is 0 Å². The number of hydrogen-bond donors (Lipinski definition) is 2. The van der Waals surface area contributed by atoms with E-state index in [1.165, 1.54) is 0 Å². The summed E-state index contributed by atoms with van der Waals surface area (Å²) in [5, 5.41) is 16.2. The van der Waals surface area contributed by atoms with Gasteiger partial charge in [0, 0.05) is 18.5 Å². The van der Waals surface area contributed by atoms with E-state index in [9.17, 15) is 9.90 Å². The lowest BCUT2D eigenvalue weighted by Gasteiger charge is -2.27. The second kappa shape index (κ2) is 5.31. The van der Waals surface area contributed by atoms with Crippen molar-refractivity contribution in [3.05, 3.63) is 17.5 Å². The highest BCUT2D eigenvalue weighted by atomic mass is 16.5. The number of carbonyl (C=O) groups excluding carboxylic acids is 1. The van der Waals surface area contributed by atoms with Crippen LogP contribution in [0.15, 0.2) is 10.6 Å². The van der Waals surface area contributed by atoms with E-state index in [1.807, 2.05) is 0 Å². The molecule has 0 bridgehead atoms. The van der Waals surface area contributed by atoms with Crippen LogP contribution in [0.4, 0.5) is 0 Å². The van der Waals surface area contributed by atoms with Gasteiger partial charge in [-0.05, 0) is 19.8 Å². The molecule has 2 atom stereocenters. The molecular weight excluding hydrogens is 220 g/mol. The van der Waals surface area contributed by atoms with Crippen molar-refractivity contribution in [2.45, 2.75) is 38.7 Å². The lowest BCUT2D eigenvalue weighted by atomic mass is 9.86. The van der Waals surface area contributed by atoms with Crippen LogP contribution in [0, 0.1) is 12.8 Å². The third-order valence-corrected chi connectivity index (χ3v) is 3.25. The molecular formula is C12H18N2O3. The molecule has 1 aromatic rings. The summed E-state index contributed by atoms with van der Waals surface area (Å²) in [6, 6.07) is 1.60. The Balaban J connectivity index is 1.83. The van der Waals surface area contributed by atoms with Crippen molar-refractivity contribution in [3.8, 4) is 0 Å². The van der Waals surface area contributed by atoms with E-state index < -0.39 is 0 Å². The number of hydrogen-bond acceptors (Lipinski definition) is 4. The number of nitrogens with one attached hydrogen (secondary N) is 1. The van der Waals surface area contributed by atoms with Crippen LogP contribution in [0.5, 0.6) is 0 Å². The molecule has 0 spiro atoms. The second-order valence-corrected chi connectivity index (χ2v) is 4.64. The lowest BCUT2D eigenvalue weighted by molar-refractivity contribution is 0.0661. The Morgan fingerprint density at radius 3 is 3.00 bits per heavy atom. The molecule has 17 heavy (non-hydrogen) atoms. The van der Waals surface area contributed by atoms with Gasteiger partial charge >= 0.3 is 0 Å². The highest BCUT2D eigenvalue weighted by Crippen LogP contribution is 2.23. The number of amides is 1. The lowest BCUT2D eigenvalue weighted by Crippen LogP contribution is -2.36. The highest BCUT2D eigenvalue weighted by molar-refractivity contribution is 5.92. The molecule has 5 heteroatoms. The predicted octanol–water partition coefficient (Wildman–Crippen LogP) is 1.26. The third-order valence-electron chi connectivity index (χ3n) is 3.25. The molecule has 1 saturated carbocycles. The van der Waals surface area contributed by atoms with Crippen molar-refractivity contribution in [1.29, 1.82) is 0 Å².